The zero-order valence-electron chi connectivity index (χ0n) is 18.0. The van der Waals surface area contributed by atoms with Gasteiger partial charge in [0.1, 0.15) is 5.56 Å². The summed E-state index contributed by atoms with van der Waals surface area (Å²) < 4.78 is 27.7. The molecule has 5 rings (SSSR count). The van der Waals surface area contributed by atoms with E-state index in [9.17, 15) is 28.1 Å². The summed E-state index contributed by atoms with van der Waals surface area (Å²) in [5, 5.41) is 13.1. The third-order valence-electron chi connectivity index (χ3n) is 6.21. The van der Waals surface area contributed by atoms with Crippen LogP contribution in [0.2, 0.25) is 0 Å². The minimum Gasteiger partial charge on any atom is -0.283 e. The van der Waals surface area contributed by atoms with Crippen molar-refractivity contribution < 1.29 is 22.9 Å². The first-order valence-electron chi connectivity index (χ1n) is 10.6. The number of piperazine rings is 1. The molecule has 34 heavy (non-hydrogen) atoms. The second kappa shape index (κ2) is 8.28. The molecule has 0 aromatic heterocycles. The lowest BCUT2D eigenvalue weighted by Gasteiger charge is -2.35. The Hall–Kier alpha value is -3.67. The predicted molar refractivity (Wildman–Crippen MR) is 123 cm³/mol. The molecule has 2 aliphatic heterocycles. The van der Waals surface area contributed by atoms with E-state index >= 15 is 0 Å². The highest BCUT2D eigenvalue weighted by molar-refractivity contribution is 7.89. The first-order chi connectivity index (χ1) is 16.3. The van der Waals surface area contributed by atoms with Gasteiger partial charge in [-0.3, -0.25) is 29.5 Å². The van der Waals surface area contributed by atoms with Crippen molar-refractivity contribution in [1.82, 2.24) is 14.1 Å². The fraction of sp³-hybridized carbons (Fsp3) is 0.217. The summed E-state index contributed by atoms with van der Waals surface area (Å²) in [6, 6.07) is 16.5. The lowest BCUT2D eigenvalue weighted by atomic mass is 10.1. The van der Waals surface area contributed by atoms with Gasteiger partial charge in [0.05, 0.1) is 22.1 Å². The Labute approximate surface area is 195 Å². The summed E-state index contributed by atoms with van der Waals surface area (Å²) in [5.41, 5.74) is -0.587. The number of sulfonamides is 1. The minimum absolute atomic E-state index is 0.0108. The number of carbonyl (C=O) groups excluding carboxylic acids is 2. The molecule has 0 radical (unpaired) electrons. The quantitative estimate of drug-likeness (QED) is 0.312. The average molecular weight is 481 g/mol. The lowest BCUT2D eigenvalue weighted by molar-refractivity contribution is -0.385. The molecule has 0 bridgehead atoms. The van der Waals surface area contributed by atoms with Gasteiger partial charge in [-0.1, -0.05) is 36.4 Å². The molecular weight excluding hydrogens is 460 g/mol. The van der Waals surface area contributed by atoms with Gasteiger partial charge in [-0.2, -0.15) is 4.31 Å². The molecule has 2 heterocycles. The van der Waals surface area contributed by atoms with E-state index in [0.717, 1.165) is 15.7 Å². The zero-order chi connectivity index (χ0) is 24.0. The van der Waals surface area contributed by atoms with E-state index in [1.165, 1.54) is 22.5 Å². The first-order valence-corrected chi connectivity index (χ1v) is 12.1. The maximum Gasteiger partial charge on any atom is 0.282 e. The topological polar surface area (TPSA) is 121 Å². The Balaban J connectivity index is 1.28. The van der Waals surface area contributed by atoms with Crippen LogP contribution >= 0.6 is 0 Å². The van der Waals surface area contributed by atoms with Gasteiger partial charge >= 0.3 is 0 Å². The second-order valence-electron chi connectivity index (χ2n) is 8.17. The van der Waals surface area contributed by atoms with Gasteiger partial charge in [0.25, 0.3) is 17.5 Å². The molecule has 1 saturated heterocycles. The lowest BCUT2D eigenvalue weighted by Crippen LogP contribution is -2.52. The molecule has 0 unspecified atom stereocenters. The standard InChI is InChI=1S/C23H20N4O6S/c28-22-19-6-3-7-20(27(30)31)21(19)23(29)26(22)15-24-10-12-25(13-11-24)34(32,33)18-9-8-16-4-1-2-5-17(16)14-18/h1-9,14H,10-13,15H2. The van der Waals surface area contributed by atoms with Crippen molar-refractivity contribution >= 4 is 38.3 Å². The molecule has 0 saturated carbocycles. The van der Waals surface area contributed by atoms with Gasteiger partial charge in [-0.05, 0) is 29.0 Å². The molecule has 174 valence electrons. The molecule has 0 N–H and O–H groups in total. The summed E-state index contributed by atoms with van der Waals surface area (Å²) in [6.07, 6.45) is 0. The molecule has 11 heteroatoms. The first kappa shape index (κ1) is 22.1. The van der Waals surface area contributed by atoms with Crippen molar-refractivity contribution in [2.24, 2.45) is 0 Å². The number of benzene rings is 3. The van der Waals surface area contributed by atoms with Crippen molar-refractivity contribution in [3.63, 3.8) is 0 Å². The molecule has 3 aromatic rings. The molecule has 2 aliphatic rings. The van der Waals surface area contributed by atoms with Crippen LogP contribution in [0.3, 0.4) is 0 Å². The summed E-state index contributed by atoms with van der Waals surface area (Å²) in [6.45, 7) is 0.939. The van der Waals surface area contributed by atoms with E-state index in [1.54, 1.807) is 23.1 Å². The summed E-state index contributed by atoms with van der Waals surface area (Å²) in [4.78, 5) is 39.1. The largest absolute Gasteiger partial charge is 0.283 e. The number of nitrogens with zero attached hydrogens (tertiary/aromatic N) is 4. The van der Waals surface area contributed by atoms with E-state index in [-0.39, 0.29) is 35.8 Å². The SMILES string of the molecule is O=C1c2cccc([N+](=O)[O-])c2C(=O)N1CN1CCN(S(=O)(=O)c2ccc3ccccc3c2)CC1. The summed E-state index contributed by atoms with van der Waals surface area (Å²) in [5.74, 6) is -1.30. The normalized spacial score (nSPS) is 17.4. The maximum absolute atomic E-state index is 13.2. The van der Waals surface area contributed by atoms with E-state index in [4.69, 9.17) is 0 Å². The van der Waals surface area contributed by atoms with Gasteiger partial charge in [0.2, 0.25) is 10.0 Å². The zero-order valence-corrected chi connectivity index (χ0v) is 18.8. The van der Waals surface area contributed by atoms with Gasteiger partial charge in [0.15, 0.2) is 0 Å². The highest BCUT2D eigenvalue weighted by Gasteiger charge is 2.42. The second-order valence-corrected chi connectivity index (χ2v) is 10.1. The van der Waals surface area contributed by atoms with Gasteiger partial charge in [0, 0.05) is 32.2 Å². The van der Waals surface area contributed by atoms with Crippen molar-refractivity contribution in [1.29, 1.82) is 0 Å². The van der Waals surface area contributed by atoms with E-state index < -0.39 is 32.4 Å². The van der Waals surface area contributed by atoms with Crippen LogP contribution in [-0.4, -0.2) is 72.1 Å². The average Bonchev–Trinajstić information content (AvgIpc) is 3.09. The number of amides is 2. The van der Waals surface area contributed by atoms with E-state index in [2.05, 4.69) is 0 Å². The van der Waals surface area contributed by atoms with E-state index in [0.29, 0.717) is 13.1 Å². The highest BCUT2D eigenvalue weighted by atomic mass is 32.2. The van der Waals surface area contributed by atoms with Crippen molar-refractivity contribution in [2.75, 3.05) is 32.8 Å². The van der Waals surface area contributed by atoms with Crippen molar-refractivity contribution in [3.05, 3.63) is 81.9 Å². The highest BCUT2D eigenvalue weighted by Crippen LogP contribution is 2.31. The van der Waals surface area contributed by atoms with Crippen molar-refractivity contribution in [2.45, 2.75) is 4.90 Å². The molecule has 0 aliphatic carbocycles. The van der Waals surface area contributed by atoms with Crippen LogP contribution in [0.15, 0.2) is 65.6 Å². The number of nitro benzene ring substituents is 1. The molecule has 0 spiro atoms. The fourth-order valence-corrected chi connectivity index (χ4v) is 5.84. The number of imide groups is 1. The minimum atomic E-state index is -3.70. The van der Waals surface area contributed by atoms with Crippen LogP contribution in [0.4, 0.5) is 5.69 Å². The third kappa shape index (κ3) is 3.63. The summed E-state index contributed by atoms with van der Waals surface area (Å²) in [7, 11) is -3.70. The smallest absolute Gasteiger partial charge is 0.282 e. The Kier molecular flexibility index (Phi) is 5.39. The number of carbonyl (C=O) groups is 2. The fourth-order valence-electron chi connectivity index (χ4n) is 4.38. The summed E-state index contributed by atoms with van der Waals surface area (Å²) >= 11 is 0. The Morgan fingerprint density at radius 3 is 2.26 bits per heavy atom. The maximum atomic E-state index is 13.2. The van der Waals surface area contributed by atoms with Crippen LogP contribution < -0.4 is 0 Å². The van der Waals surface area contributed by atoms with Crippen LogP contribution in [0.1, 0.15) is 20.7 Å². The van der Waals surface area contributed by atoms with Crippen LogP contribution in [0.25, 0.3) is 10.8 Å². The number of hydrogen-bond acceptors (Lipinski definition) is 7. The Morgan fingerprint density at radius 1 is 0.853 bits per heavy atom. The van der Waals surface area contributed by atoms with Gasteiger partial charge in [-0.25, -0.2) is 8.42 Å². The van der Waals surface area contributed by atoms with E-state index in [1.807, 2.05) is 24.3 Å². The number of nitro groups is 1. The number of fused-ring (bicyclic) bond motifs is 2. The Bertz CT molecular complexity index is 1450. The molecule has 2 amide bonds. The third-order valence-corrected chi connectivity index (χ3v) is 8.10. The molecule has 3 aromatic carbocycles. The number of hydrogen-bond donors (Lipinski definition) is 0. The Morgan fingerprint density at radius 2 is 1.56 bits per heavy atom. The number of rotatable bonds is 5. The van der Waals surface area contributed by atoms with Crippen LogP contribution in [0.5, 0.6) is 0 Å². The van der Waals surface area contributed by atoms with Gasteiger partial charge in [-0.15, -0.1) is 0 Å². The molecule has 1 fully saturated rings. The van der Waals surface area contributed by atoms with Crippen LogP contribution in [-0.2, 0) is 10.0 Å². The van der Waals surface area contributed by atoms with Gasteiger partial charge < -0.3 is 0 Å². The molecule has 10 nitrogen and oxygen atoms in total. The van der Waals surface area contributed by atoms with Crippen molar-refractivity contribution in [3.8, 4) is 0 Å². The van der Waals surface area contributed by atoms with Crippen LogP contribution in [0, 0.1) is 10.1 Å². The predicted octanol–water partition coefficient (Wildman–Crippen LogP) is 2.31. The molecular formula is C23H20N4O6S. The monoisotopic (exact) mass is 480 g/mol. The molecule has 0 atom stereocenters.